The summed E-state index contributed by atoms with van der Waals surface area (Å²) in [6.45, 7) is 3.26. The maximum absolute atomic E-state index is 12.2. The van der Waals surface area contributed by atoms with Crippen molar-refractivity contribution in [2.24, 2.45) is 0 Å². The zero-order valence-corrected chi connectivity index (χ0v) is 9.60. The summed E-state index contributed by atoms with van der Waals surface area (Å²) in [4.78, 5) is 0. The molecular formula is C12H13F3N2. The number of nitrogens with one attached hydrogen (secondary N) is 1. The van der Waals surface area contributed by atoms with E-state index in [-0.39, 0.29) is 0 Å². The van der Waals surface area contributed by atoms with Gasteiger partial charge in [0.2, 0.25) is 0 Å². The van der Waals surface area contributed by atoms with Crippen LogP contribution in [0.3, 0.4) is 0 Å². The molecule has 1 rings (SSSR count). The summed E-state index contributed by atoms with van der Waals surface area (Å²) in [6.07, 6.45) is -5.13. The molecule has 0 saturated carbocycles. The SMILES string of the molecule is Cc1ccc(NC(C)CC(F)(F)F)c(C#N)c1. The number of benzene rings is 1. The van der Waals surface area contributed by atoms with Crippen molar-refractivity contribution in [1.29, 1.82) is 5.26 Å². The minimum atomic E-state index is -4.20. The molecule has 0 radical (unpaired) electrons. The number of halogens is 3. The van der Waals surface area contributed by atoms with Crippen LogP contribution in [0.25, 0.3) is 0 Å². The summed E-state index contributed by atoms with van der Waals surface area (Å²) in [6, 6.07) is 6.22. The summed E-state index contributed by atoms with van der Waals surface area (Å²) >= 11 is 0. The highest BCUT2D eigenvalue weighted by Gasteiger charge is 2.30. The second kappa shape index (κ2) is 5.09. The van der Waals surface area contributed by atoms with Crippen molar-refractivity contribution >= 4 is 5.69 Å². The molecule has 0 bridgehead atoms. The van der Waals surface area contributed by atoms with E-state index in [0.717, 1.165) is 5.56 Å². The maximum atomic E-state index is 12.2. The zero-order chi connectivity index (χ0) is 13.1. The number of alkyl halides is 3. The highest BCUT2D eigenvalue weighted by Crippen LogP contribution is 2.24. The molecule has 0 aliphatic heterocycles. The Labute approximate surface area is 98.1 Å². The quantitative estimate of drug-likeness (QED) is 0.878. The molecule has 1 N–H and O–H groups in total. The third-order valence-corrected chi connectivity index (χ3v) is 2.24. The van der Waals surface area contributed by atoms with Gasteiger partial charge < -0.3 is 5.32 Å². The Morgan fingerprint density at radius 1 is 1.41 bits per heavy atom. The molecule has 17 heavy (non-hydrogen) atoms. The second-order valence-corrected chi connectivity index (χ2v) is 4.03. The van der Waals surface area contributed by atoms with Gasteiger partial charge in [-0.3, -0.25) is 0 Å². The molecule has 0 spiro atoms. The molecule has 1 atom stereocenters. The van der Waals surface area contributed by atoms with Crippen molar-refractivity contribution in [3.63, 3.8) is 0 Å². The molecule has 92 valence electrons. The van der Waals surface area contributed by atoms with Crippen LogP contribution in [0.5, 0.6) is 0 Å². The number of aryl methyl sites for hydroxylation is 1. The Bertz CT molecular complexity index is 432. The molecule has 1 aromatic carbocycles. The lowest BCUT2D eigenvalue weighted by Gasteiger charge is -2.18. The minimum Gasteiger partial charge on any atom is -0.381 e. The smallest absolute Gasteiger partial charge is 0.381 e. The molecule has 1 aromatic rings. The first-order valence-corrected chi connectivity index (χ1v) is 5.16. The Balaban J connectivity index is 2.79. The van der Waals surface area contributed by atoms with Gasteiger partial charge in [-0.2, -0.15) is 18.4 Å². The van der Waals surface area contributed by atoms with Gasteiger partial charge in [0.05, 0.1) is 17.7 Å². The van der Waals surface area contributed by atoms with E-state index in [9.17, 15) is 13.2 Å². The third-order valence-electron chi connectivity index (χ3n) is 2.24. The van der Waals surface area contributed by atoms with Crippen LogP contribution in [0.2, 0.25) is 0 Å². The van der Waals surface area contributed by atoms with E-state index in [2.05, 4.69) is 5.32 Å². The van der Waals surface area contributed by atoms with Gasteiger partial charge in [0.15, 0.2) is 0 Å². The maximum Gasteiger partial charge on any atom is 0.391 e. The van der Waals surface area contributed by atoms with Gasteiger partial charge in [-0.15, -0.1) is 0 Å². The van der Waals surface area contributed by atoms with E-state index >= 15 is 0 Å². The number of anilines is 1. The zero-order valence-electron chi connectivity index (χ0n) is 9.60. The van der Waals surface area contributed by atoms with Crippen molar-refractivity contribution < 1.29 is 13.2 Å². The molecule has 0 aliphatic carbocycles. The summed E-state index contributed by atoms with van der Waals surface area (Å²) < 4.78 is 36.5. The Morgan fingerprint density at radius 2 is 2.06 bits per heavy atom. The van der Waals surface area contributed by atoms with E-state index in [1.54, 1.807) is 18.2 Å². The summed E-state index contributed by atoms with van der Waals surface area (Å²) in [7, 11) is 0. The Kier molecular flexibility index (Phi) is 4.00. The fraction of sp³-hybridized carbons (Fsp3) is 0.417. The first-order valence-electron chi connectivity index (χ1n) is 5.16. The van der Waals surface area contributed by atoms with Gasteiger partial charge in [0.25, 0.3) is 0 Å². The molecule has 0 heterocycles. The lowest BCUT2D eigenvalue weighted by atomic mass is 10.1. The third kappa shape index (κ3) is 4.35. The van der Waals surface area contributed by atoms with E-state index in [0.29, 0.717) is 11.3 Å². The van der Waals surface area contributed by atoms with Crippen LogP contribution in [0.4, 0.5) is 18.9 Å². The van der Waals surface area contributed by atoms with Gasteiger partial charge in [0.1, 0.15) is 6.07 Å². The number of rotatable bonds is 3. The van der Waals surface area contributed by atoms with E-state index in [1.165, 1.54) is 6.92 Å². The first-order chi connectivity index (χ1) is 7.81. The second-order valence-electron chi connectivity index (χ2n) is 4.03. The minimum absolute atomic E-state index is 0.360. The van der Waals surface area contributed by atoms with Crippen molar-refractivity contribution in [3.8, 4) is 6.07 Å². The van der Waals surface area contributed by atoms with Gasteiger partial charge in [0, 0.05) is 6.04 Å². The van der Waals surface area contributed by atoms with Crippen molar-refractivity contribution in [1.82, 2.24) is 0 Å². The fourth-order valence-corrected chi connectivity index (χ4v) is 1.54. The number of hydrogen-bond donors (Lipinski definition) is 1. The largest absolute Gasteiger partial charge is 0.391 e. The van der Waals surface area contributed by atoms with Crippen molar-refractivity contribution in [2.75, 3.05) is 5.32 Å². The highest BCUT2D eigenvalue weighted by atomic mass is 19.4. The van der Waals surface area contributed by atoms with Crippen molar-refractivity contribution in [2.45, 2.75) is 32.5 Å². The molecular weight excluding hydrogens is 229 g/mol. The van der Waals surface area contributed by atoms with Gasteiger partial charge in [-0.25, -0.2) is 0 Å². The fourth-order valence-electron chi connectivity index (χ4n) is 1.54. The predicted molar refractivity (Wildman–Crippen MR) is 59.7 cm³/mol. The molecule has 0 fully saturated rings. The van der Waals surface area contributed by atoms with Crippen LogP contribution >= 0.6 is 0 Å². The molecule has 0 aromatic heterocycles. The first kappa shape index (κ1) is 13.4. The highest BCUT2D eigenvalue weighted by molar-refractivity contribution is 5.58. The van der Waals surface area contributed by atoms with Gasteiger partial charge in [-0.1, -0.05) is 6.07 Å². The average Bonchev–Trinajstić information content (AvgIpc) is 2.17. The molecule has 5 heteroatoms. The molecule has 1 unspecified atom stereocenters. The van der Waals surface area contributed by atoms with Crippen LogP contribution in [0.1, 0.15) is 24.5 Å². The number of nitriles is 1. The van der Waals surface area contributed by atoms with Crippen LogP contribution in [-0.2, 0) is 0 Å². The standard InChI is InChI=1S/C12H13F3N2/c1-8-3-4-11(10(5-8)7-16)17-9(2)6-12(13,14)15/h3-5,9,17H,6H2,1-2H3. The van der Waals surface area contributed by atoms with Gasteiger partial charge >= 0.3 is 6.18 Å². The number of hydrogen-bond acceptors (Lipinski definition) is 2. The Morgan fingerprint density at radius 3 is 2.59 bits per heavy atom. The summed E-state index contributed by atoms with van der Waals surface area (Å²) in [5.41, 5.74) is 1.70. The lowest BCUT2D eigenvalue weighted by Crippen LogP contribution is -2.24. The topological polar surface area (TPSA) is 35.8 Å². The molecule has 0 amide bonds. The molecule has 0 saturated heterocycles. The van der Waals surface area contributed by atoms with E-state index in [4.69, 9.17) is 5.26 Å². The van der Waals surface area contributed by atoms with Crippen molar-refractivity contribution in [3.05, 3.63) is 29.3 Å². The van der Waals surface area contributed by atoms with Crippen LogP contribution < -0.4 is 5.32 Å². The molecule has 0 aliphatic rings. The lowest BCUT2D eigenvalue weighted by molar-refractivity contribution is -0.136. The van der Waals surface area contributed by atoms with E-state index in [1.807, 2.05) is 13.0 Å². The van der Waals surface area contributed by atoms with Crippen LogP contribution in [0, 0.1) is 18.3 Å². The van der Waals surface area contributed by atoms with Crippen LogP contribution in [-0.4, -0.2) is 12.2 Å². The van der Waals surface area contributed by atoms with Gasteiger partial charge in [-0.05, 0) is 31.5 Å². The number of nitrogens with zero attached hydrogens (tertiary/aromatic N) is 1. The normalized spacial score (nSPS) is 12.9. The summed E-state index contributed by atoms with van der Waals surface area (Å²) in [5, 5.41) is 11.6. The summed E-state index contributed by atoms with van der Waals surface area (Å²) in [5.74, 6) is 0. The van der Waals surface area contributed by atoms with Crippen LogP contribution in [0.15, 0.2) is 18.2 Å². The predicted octanol–water partition coefficient (Wildman–Crippen LogP) is 3.62. The monoisotopic (exact) mass is 242 g/mol. The Hall–Kier alpha value is -1.70. The van der Waals surface area contributed by atoms with E-state index < -0.39 is 18.6 Å². The molecule has 2 nitrogen and oxygen atoms in total. The average molecular weight is 242 g/mol.